The van der Waals surface area contributed by atoms with Crippen LogP contribution in [0.4, 0.5) is 0 Å². The van der Waals surface area contributed by atoms with Crippen LogP contribution in [0.2, 0.25) is 0 Å². The first-order valence-corrected chi connectivity index (χ1v) is 7.47. The number of para-hydroxylation sites is 1. The summed E-state index contributed by atoms with van der Waals surface area (Å²) < 4.78 is 2.88. The Morgan fingerprint density at radius 3 is 2.89 bits per heavy atom. The first kappa shape index (κ1) is 12.9. The second-order valence-electron chi connectivity index (χ2n) is 5.54. The van der Waals surface area contributed by atoms with E-state index in [0.717, 1.165) is 35.1 Å². The predicted molar refractivity (Wildman–Crippen MR) is 80.0 cm³/mol. The third-order valence-electron chi connectivity index (χ3n) is 4.21. The van der Waals surface area contributed by atoms with E-state index in [0.29, 0.717) is 0 Å². The minimum Gasteiger partial charge on any atom is -0.391 e. The van der Waals surface area contributed by atoms with E-state index in [-0.39, 0.29) is 12.1 Å². The SMILES string of the molecule is Cc1cccc2[nH]c(=S)n(C3CCCCCC3O)c12. The second kappa shape index (κ2) is 5.10. The van der Waals surface area contributed by atoms with Gasteiger partial charge >= 0.3 is 0 Å². The van der Waals surface area contributed by atoms with Crippen LogP contribution in [0.5, 0.6) is 0 Å². The van der Waals surface area contributed by atoms with Crippen molar-refractivity contribution in [3.8, 4) is 0 Å². The molecule has 0 spiro atoms. The van der Waals surface area contributed by atoms with Crippen molar-refractivity contribution in [3.63, 3.8) is 0 Å². The highest BCUT2D eigenvalue weighted by atomic mass is 32.1. The lowest BCUT2D eigenvalue weighted by Gasteiger charge is -2.23. The molecule has 2 atom stereocenters. The van der Waals surface area contributed by atoms with Crippen LogP contribution in [-0.2, 0) is 0 Å². The van der Waals surface area contributed by atoms with Crippen LogP contribution in [0.15, 0.2) is 18.2 Å². The molecule has 2 aromatic rings. The van der Waals surface area contributed by atoms with E-state index in [1.165, 1.54) is 18.4 Å². The van der Waals surface area contributed by atoms with Crippen molar-refractivity contribution in [1.82, 2.24) is 9.55 Å². The molecule has 2 N–H and O–H groups in total. The molecule has 1 fully saturated rings. The molecular formula is C15H20N2OS. The Labute approximate surface area is 118 Å². The van der Waals surface area contributed by atoms with E-state index in [4.69, 9.17) is 12.2 Å². The molecule has 1 aromatic carbocycles. The van der Waals surface area contributed by atoms with E-state index in [9.17, 15) is 5.11 Å². The minimum atomic E-state index is -0.284. The highest BCUT2D eigenvalue weighted by Crippen LogP contribution is 2.32. The molecule has 0 radical (unpaired) electrons. The Kier molecular flexibility index (Phi) is 3.46. The van der Waals surface area contributed by atoms with Crippen molar-refractivity contribution in [1.29, 1.82) is 0 Å². The molecule has 19 heavy (non-hydrogen) atoms. The summed E-state index contributed by atoms with van der Waals surface area (Å²) in [5.74, 6) is 0. The van der Waals surface area contributed by atoms with Crippen LogP contribution in [0, 0.1) is 11.7 Å². The zero-order valence-corrected chi connectivity index (χ0v) is 12.0. The van der Waals surface area contributed by atoms with Crippen molar-refractivity contribution in [2.24, 2.45) is 0 Å². The van der Waals surface area contributed by atoms with Crippen molar-refractivity contribution >= 4 is 23.3 Å². The zero-order chi connectivity index (χ0) is 13.4. The quantitative estimate of drug-likeness (QED) is 0.613. The number of nitrogens with one attached hydrogen (secondary N) is 1. The number of nitrogens with zero attached hydrogens (tertiary/aromatic N) is 1. The van der Waals surface area contributed by atoms with Crippen molar-refractivity contribution in [3.05, 3.63) is 28.5 Å². The number of fused-ring (bicyclic) bond motifs is 1. The molecule has 4 heteroatoms. The molecule has 1 aliphatic carbocycles. The van der Waals surface area contributed by atoms with Gasteiger partial charge in [-0.25, -0.2) is 0 Å². The Balaban J connectivity index is 2.18. The summed E-state index contributed by atoms with van der Waals surface area (Å²) in [6, 6.07) is 6.31. The molecule has 3 nitrogen and oxygen atoms in total. The summed E-state index contributed by atoms with van der Waals surface area (Å²) in [6.07, 6.45) is 5.10. The van der Waals surface area contributed by atoms with E-state index < -0.39 is 0 Å². The van der Waals surface area contributed by atoms with E-state index >= 15 is 0 Å². The van der Waals surface area contributed by atoms with Gasteiger partial charge in [0.2, 0.25) is 0 Å². The Bertz CT molecular complexity index is 643. The molecule has 1 aliphatic rings. The van der Waals surface area contributed by atoms with Gasteiger partial charge in [-0.3, -0.25) is 0 Å². The lowest BCUT2D eigenvalue weighted by molar-refractivity contribution is 0.106. The molecule has 0 saturated heterocycles. The van der Waals surface area contributed by atoms with Crippen LogP contribution in [0.3, 0.4) is 0 Å². The molecule has 3 rings (SSSR count). The minimum absolute atomic E-state index is 0.116. The maximum atomic E-state index is 10.4. The summed E-state index contributed by atoms with van der Waals surface area (Å²) in [6.45, 7) is 2.10. The average molecular weight is 276 g/mol. The van der Waals surface area contributed by atoms with Gasteiger partial charge in [0, 0.05) is 0 Å². The number of rotatable bonds is 1. The number of H-pyrrole nitrogens is 1. The van der Waals surface area contributed by atoms with Crippen LogP contribution in [0.25, 0.3) is 11.0 Å². The van der Waals surface area contributed by atoms with E-state index in [1.807, 2.05) is 6.07 Å². The van der Waals surface area contributed by atoms with Gasteiger partial charge in [-0.2, -0.15) is 0 Å². The van der Waals surface area contributed by atoms with E-state index in [1.54, 1.807) is 0 Å². The van der Waals surface area contributed by atoms with Crippen LogP contribution >= 0.6 is 12.2 Å². The first-order chi connectivity index (χ1) is 9.18. The molecule has 0 aliphatic heterocycles. The highest BCUT2D eigenvalue weighted by Gasteiger charge is 2.25. The largest absolute Gasteiger partial charge is 0.391 e. The van der Waals surface area contributed by atoms with Crippen molar-refractivity contribution < 1.29 is 5.11 Å². The number of benzene rings is 1. The molecule has 1 saturated carbocycles. The topological polar surface area (TPSA) is 41.0 Å². The fraction of sp³-hybridized carbons (Fsp3) is 0.533. The molecular weight excluding hydrogens is 256 g/mol. The second-order valence-corrected chi connectivity index (χ2v) is 5.93. The average Bonchev–Trinajstić information content (AvgIpc) is 2.57. The Morgan fingerprint density at radius 1 is 1.26 bits per heavy atom. The maximum Gasteiger partial charge on any atom is 0.178 e. The fourth-order valence-electron chi connectivity index (χ4n) is 3.24. The number of imidazole rings is 1. The number of hydrogen-bond donors (Lipinski definition) is 2. The van der Waals surface area contributed by atoms with Crippen molar-refractivity contribution in [2.75, 3.05) is 0 Å². The maximum absolute atomic E-state index is 10.4. The normalized spacial score (nSPS) is 24.5. The summed E-state index contributed by atoms with van der Waals surface area (Å²) in [7, 11) is 0. The van der Waals surface area contributed by atoms with E-state index in [2.05, 4.69) is 28.6 Å². The van der Waals surface area contributed by atoms with Gasteiger partial charge in [-0.05, 0) is 43.6 Å². The predicted octanol–water partition coefficient (Wildman–Crippen LogP) is 3.87. The number of aliphatic hydroxyl groups excluding tert-OH is 1. The van der Waals surface area contributed by atoms with Gasteiger partial charge in [0.1, 0.15) is 0 Å². The van der Waals surface area contributed by atoms with Gasteiger partial charge in [-0.15, -0.1) is 0 Å². The van der Waals surface area contributed by atoms with Crippen LogP contribution in [0.1, 0.15) is 43.7 Å². The fourth-order valence-corrected chi connectivity index (χ4v) is 3.58. The number of aromatic amines is 1. The molecule has 1 heterocycles. The number of hydrogen-bond acceptors (Lipinski definition) is 2. The highest BCUT2D eigenvalue weighted by molar-refractivity contribution is 7.71. The number of aromatic nitrogens is 2. The lowest BCUT2D eigenvalue weighted by atomic mass is 10.1. The summed E-state index contributed by atoms with van der Waals surface area (Å²) >= 11 is 5.49. The molecule has 2 unspecified atom stereocenters. The van der Waals surface area contributed by atoms with Crippen LogP contribution in [-0.4, -0.2) is 20.8 Å². The van der Waals surface area contributed by atoms with Gasteiger partial charge in [-0.1, -0.05) is 31.4 Å². The summed E-state index contributed by atoms with van der Waals surface area (Å²) in [5, 5.41) is 10.4. The smallest absolute Gasteiger partial charge is 0.178 e. The molecule has 0 bridgehead atoms. The van der Waals surface area contributed by atoms with Gasteiger partial charge in [0.05, 0.1) is 23.2 Å². The molecule has 1 aromatic heterocycles. The van der Waals surface area contributed by atoms with Gasteiger partial charge in [0.25, 0.3) is 0 Å². The Hall–Kier alpha value is -1.13. The molecule has 102 valence electrons. The number of aliphatic hydroxyl groups is 1. The van der Waals surface area contributed by atoms with Gasteiger partial charge < -0.3 is 14.7 Å². The Morgan fingerprint density at radius 2 is 2.05 bits per heavy atom. The molecule has 0 amide bonds. The third kappa shape index (κ3) is 2.23. The lowest BCUT2D eigenvalue weighted by Crippen LogP contribution is -2.23. The monoisotopic (exact) mass is 276 g/mol. The zero-order valence-electron chi connectivity index (χ0n) is 11.2. The van der Waals surface area contributed by atoms with Gasteiger partial charge in [0.15, 0.2) is 4.77 Å². The number of aryl methyl sites for hydroxylation is 1. The standard InChI is InChI=1S/C15H20N2OS/c1-10-6-5-7-11-14(10)17(15(19)16-11)12-8-3-2-4-9-13(12)18/h5-7,12-13,18H,2-4,8-9H2,1H3,(H,16,19). The summed E-state index contributed by atoms with van der Waals surface area (Å²) in [4.78, 5) is 3.27. The third-order valence-corrected chi connectivity index (χ3v) is 4.51. The van der Waals surface area contributed by atoms with Crippen LogP contribution < -0.4 is 0 Å². The summed E-state index contributed by atoms with van der Waals surface area (Å²) in [5.41, 5.74) is 3.43. The first-order valence-electron chi connectivity index (χ1n) is 7.06. The van der Waals surface area contributed by atoms with Crippen molar-refractivity contribution in [2.45, 2.75) is 51.2 Å².